The van der Waals surface area contributed by atoms with Gasteiger partial charge in [-0.2, -0.15) is 0 Å². The van der Waals surface area contributed by atoms with E-state index in [-0.39, 0.29) is 11.8 Å². The number of benzene rings is 1. The van der Waals surface area contributed by atoms with E-state index >= 15 is 0 Å². The Labute approximate surface area is 106 Å². The minimum absolute atomic E-state index is 0.0310. The van der Waals surface area contributed by atoms with Gasteiger partial charge in [-0.3, -0.25) is 5.41 Å². The predicted molar refractivity (Wildman–Crippen MR) is 72.6 cm³/mol. The number of amidine groups is 1. The van der Waals surface area contributed by atoms with Gasteiger partial charge in [0.1, 0.15) is 17.4 Å². The van der Waals surface area contributed by atoms with Gasteiger partial charge >= 0.3 is 0 Å². The molecule has 2 aromatic rings. The topological polar surface area (TPSA) is 75.7 Å². The monoisotopic (exact) mass is 240 g/mol. The predicted octanol–water partition coefficient (Wildman–Crippen LogP) is 2.55. The van der Waals surface area contributed by atoms with Crippen LogP contribution in [-0.4, -0.2) is 15.8 Å². The zero-order valence-corrected chi connectivity index (χ0v) is 10.5. The maximum absolute atomic E-state index is 7.52. The Kier molecular flexibility index (Phi) is 3.37. The molecule has 4 heteroatoms. The SMILES string of the molecule is CC(C)c1nc(C(=N)N)cc(-c2ccccc2)n1. The van der Waals surface area contributed by atoms with Crippen LogP contribution < -0.4 is 5.73 Å². The van der Waals surface area contributed by atoms with Crippen molar-refractivity contribution >= 4 is 5.84 Å². The molecule has 2 rings (SSSR count). The number of nitrogens with one attached hydrogen (secondary N) is 1. The molecule has 0 saturated heterocycles. The molecule has 0 spiro atoms. The molecular weight excluding hydrogens is 224 g/mol. The summed E-state index contributed by atoms with van der Waals surface area (Å²) in [4.78, 5) is 8.82. The van der Waals surface area contributed by atoms with Crippen LogP contribution in [0, 0.1) is 5.41 Å². The number of rotatable bonds is 3. The molecule has 0 amide bonds. The van der Waals surface area contributed by atoms with Crippen molar-refractivity contribution in [1.29, 1.82) is 5.41 Å². The second-order valence-electron chi connectivity index (χ2n) is 4.43. The normalized spacial score (nSPS) is 10.6. The lowest BCUT2D eigenvalue weighted by Crippen LogP contribution is -2.15. The molecule has 0 unspecified atom stereocenters. The molecule has 92 valence electrons. The van der Waals surface area contributed by atoms with E-state index in [1.54, 1.807) is 6.07 Å². The Morgan fingerprint density at radius 1 is 1.17 bits per heavy atom. The molecule has 1 aromatic carbocycles. The molecule has 4 nitrogen and oxygen atoms in total. The molecule has 1 heterocycles. The quantitative estimate of drug-likeness (QED) is 0.639. The van der Waals surface area contributed by atoms with E-state index in [0.29, 0.717) is 11.5 Å². The highest BCUT2D eigenvalue weighted by molar-refractivity contribution is 5.93. The Balaban J connectivity index is 2.57. The van der Waals surface area contributed by atoms with Crippen LogP contribution in [0.1, 0.15) is 31.3 Å². The standard InChI is InChI=1S/C14H16N4/c1-9(2)14-17-11(8-12(18-14)13(15)16)10-6-4-3-5-7-10/h3-9H,1-2H3,(H3,15,16). The number of hydrogen-bond donors (Lipinski definition) is 2. The van der Waals surface area contributed by atoms with E-state index in [1.807, 2.05) is 44.2 Å². The third-order valence-electron chi connectivity index (χ3n) is 2.61. The van der Waals surface area contributed by atoms with Crippen LogP contribution in [0.3, 0.4) is 0 Å². The molecule has 3 N–H and O–H groups in total. The third-order valence-corrected chi connectivity index (χ3v) is 2.61. The average Bonchev–Trinajstić information content (AvgIpc) is 2.39. The van der Waals surface area contributed by atoms with E-state index in [0.717, 1.165) is 11.3 Å². The summed E-state index contributed by atoms with van der Waals surface area (Å²) in [6.45, 7) is 4.04. The number of aromatic nitrogens is 2. The van der Waals surface area contributed by atoms with Gasteiger partial charge in [0.15, 0.2) is 0 Å². The van der Waals surface area contributed by atoms with Crippen LogP contribution in [0.15, 0.2) is 36.4 Å². The average molecular weight is 240 g/mol. The van der Waals surface area contributed by atoms with Crippen molar-refractivity contribution in [2.75, 3.05) is 0 Å². The summed E-state index contributed by atoms with van der Waals surface area (Å²) in [7, 11) is 0. The van der Waals surface area contributed by atoms with Gasteiger partial charge in [-0.25, -0.2) is 9.97 Å². The molecular formula is C14H16N4. The Morgan fingerprint density at radius 2 is 1.83 bits per heavy atom. The smallest absolute Gasteiger partial charge is 0.141 e. The summed E-state index contributed by atoms with van der Waals surface area (Å²) in [5.74, 6) is 0.879. The van der Waals surface area contributed by atoms with Crippen molar-refractivity contribution < 1.29 is 0 Å². The van der Waals surface area contributed by atoms with Gasteiger partial charge in [0.2, 0.25) is 0 Å². The minimum atomic E-state index is -0.0310. The molecule has 0 fully saturated rings. The summed E-state index contributed by atoms with van der Waals surface area (Å²) in [6, 6.07) is 11.6. The second kappa shape index (κ2) is 4.96. The van der Waals surface area contributed by atoms with E-state index in [4.69, 9.17) is 11.1 Å². The highest BCUT2D eigenvalue weighted by Crippen LogP contribution is 2.20. The molecule has 0 radical (unpaired) electrons. The number of nitrogens with two attached hydrogens (primary N) is 1. The highest BCUT2D eigenvalue weighted by Gasteiger charge is 2.10. The first-order valence-corrected chi connectivity index (χ1v) is 5.86. The zero-order chi connectivity index (χ0) is 13.1. The fourth-order valence-electron chi connectivity index (χ4n) is 1.62. The zero-order valence-electron chi connectivity index (χ0n) is 10.5. The van der Waals surface area contributed by atoms with Gasteiger partial charge in [0.05, 0.1) is 5.69 Å². The van der Waals surface area contributed by atoms with Crippen LogP contribution in [0.2, 0.25) is 0 Å². The maximum Gasteiger partial charge on any atom is 0.141 e. The molecule has 0 saturated carbocycles. The lowest BCUT2D eigenvalue weighted by Gasteiger charge is -2.09. The van der Waals surface area contributed by atoms with Crippen molar-refractivity contribution in [3.05, 3.63) is 47.9 Å². The van der Waals surface area contributed by atoms with Crippen molar-refractivity contribution in [3.8, 4) is 11.3 Å². The molecule has 0 atom stereocenters. The first kappa shape index (κ1) is 12.2. The van der Waals surface area contributed by atoms with Crippen LogP contribution >= 0.6 is 0 Å². The number of nitrogen functional groups attached to an aromatic ring is 1. The number of nitrogens with zero attached hydrogens (tertiary/aromatic N) is 2. The van der Waals surface area contributed by atoms with E-state index in [9.17, 15) is 0 Å². The van der Waals surface area contributed by atoms with Gasteiger partial charge in [0, 0.05) is 11.5 Å². The van der Waals surface area contributed by atoms with Crippen molar-refractivity contribution in [1.82, 2.24) is 9.97 Å². The molecule has 0 bridgehead atoms. The van der Waals surface area contributed by atoms with Gasteiger partial charge in [-0.1, -0.05) is 44.2 Å². The van der Waals surface area contributed by atoms with E-state index < -0.39 is 0 Å². The fourth-order valence-corrected chi connectivity index (χ4v) is 1.62. The fraction of sp³-hybridized carbons (Fsp3) is 0.214. The second-order valence-corrected chi connectivity index (χ2v) is 4.43. The van der Waals surface area contributed by atoms with Crippen LogP contribution in [-0.2, 0) is 0 Å². The van der Waals surface area contributed by atoms with E-state index in [2.05, 4.69) is 9.97 Å². The molecule has 18 heavy (non-hydrogen) atoms. The minimum Gasteiger partial charge on any atom is -0.382 e. The molecule has 0 aliphatic rings. The summed E-state index contributed by atoms with van der Waals surface area (Å²) in [5.41, 5.74) is 7.81. The molecule has 0 aliphatic heterocycles. The lowest BCUT2D eigenvalue weighted by molar-refractivity contribution is 0.773. The van der Waals surface area contributed by atoms with Crippen LogP contribution in [0.25, 0.3) is 11.3 Å². The van der Waals surface area contributed by atoms with Gasteiger partial charge in [0.25, 0.3) is 0 Å². The van der Waals surface area contributed by atoms with Gasteiger partial charge in [-0.15, -0.1) is 0 Å². The van der Waals surface area contributed by atoms with E-state index in [1.165, 1.54) is 0 Å². The first-order valence-electron chi connectivity index (χ1n) is 5.86. The largest absolute Gasteiger partial charge is 0.382 e. The lowest BCUT2D eigenvalue weighted by atomic mass is 10.1. The summed E-state index contributed by atoms with van der Waals surface area (Å²) < 4.78 is 0. The maximum atomic E-state index is 7.52. The summed E-state index contributed by atoms with van der Waals surface area (Å²) in [6.07, 6.45) is 0. The van der Waals surface area contributed by atoms with Crippen LogP contribution in [0.5, 0.6) is 0 Å². The van der Waals surface area contributed by atoms with Crippen LogP contribution in [0.4, 0.5) is 0 Å². The van der Waals surface area contributed by atoms with Crippen molar-refractivity contribution in [3.63, 3.8) is 0 Å². The molecule has 1 aromatic heterocycles. The summed E-state index contributed by atoms with van der Waals surface area (Å²) >= 11 is 0. The Bertz CT molecular complexity index is 561. The van der Waals surface area contributed by atoms with Crippen molar-refractivity contribution in [2.24, 2.45) is 5.73 Å². The Morgan fingerprint density at radius 3 is 2.39 bits per heavy atom. The summed E-state index contributed by atoms with van der Waals surface area (Å²) in [5, 5.41) is 7.52. The highest BCUT2D eigenvalue weighted by atomic mass is 14.9. The molecule has 0 aliphatic carbocycles. The first-order chi connectivity index (χ1) is 8.58. The van der Waals surface area contributed by atoms with Gasteiger partial charge in [-0.05, 0) is 6.07 Å². The Hall–Kier alpha value is -2.23. The van der Waals surface area contributed by atoms with Crippen molar-refractivity contribution in [2.45, 2.75) is 19.8 Å². The third kappa shape index (κ3) is 2.53. The number of hydrogen-bond acceptors (Lipinski definition) is 3. The van der Waals surface area contributed by atoms with Gasteiger partial charge < -0.3 is 5.73 Å².